The van der Waals surface area contributed by atoms with Gasteiger partial charge in [-0.3, -0.25) is 4.79 Å². The third-order valence-electron chi connectivity index (χ3n) is 2.91. The Morgan fingerprint density at radius 1 is 1.39 bits per heavy atom. The van der Waals surface area contributed by atoms with Crippen molar-refractivity contribution in [1.82, 2.24) is 4.90 Å². The van der Waals surface area contributed by atoms with E-state index in [4.69, 9.17) is 0 Å². The third-order valence-corrected chi connectivity index (χ3v) is 3.89. The summed E-state index contributed by atoms with van der Waals surface area (Å²) in [6.07, 6.45) is 2.40. The van der Waals surface area contributed by atoms with Gasteiger partial charge in [0.1, 0.15) is 6.26 Å². The molecule has 2 atom stereocenters. The number of nitrogens with zero attached hydrogens (tertiary/aromatic N) is 1. The quantitative estimate of drug-likeness (QED) is 0.586. The van der Waals surface area contributed by atoms with Gasteiger partial charge in [-0.25, -0.2) is 0 Å². The van der Waals surface area contributed by atoms with Crippen molar-refractivity contribution in [2.45, 2.75) is 18.2 Å². The highest BCUT2D eigenvalue weighted by atomic mass is 32.2. The van der Waals surface area contributed by atoms with E-state index in [-0.39, 0.29) is 11.7 Å². The first-order chi connectivity index (χ1) is 8.47. The van der Waals surface area contributed by atoms with Crippen LogP contribution >= 0.6 is 0 Å². The minimum Gasteiger partial charge on any atom is -0.612 e. The average molecular weight is 267 g/mol. The summed E-state index contributed by atoms with van der Waals surface area (Å²) in [5.74, 6) is 0.0571. The van der Waals surface area contributed by atoms with Crippen LogP contribution in [0.25, 0.3) is 0 Å². The molecule has 100 valence electrons. The zero-order valence-electron chi connectivity index (χ0n) is 11.5. The molecule has 0 N–H and O–H groups in total. The second-order valence-corrected chi connectivity index (χ2v) is 6.03. The first-order valence-electron chi connectivity index (χ1n) is 6.08. The third kappa shape index (κ3) is 3.83. The van der Waals surface area contributed by atoms with E-state index in [2.05, 4.69) is 0 Å². The van der Waals surface area contributed by atoms with Gasteiger partial charge in [-0.2, -0.15) is 0 Å². The molecule has 1 aromatic carbocycles. The predicted molar refractivity (Wildman–Crippen MR) is 75.4 cm³/mol. The Bertz CT molecular complexity index is 405. The van der Waals surface area contributed by atoms with Crippen LogP contribution in [-0.2, 0) is 11.2 Å². The van der Waals surface area contributed by atoms with Gasteiger partial charge in [-0.15, -0.1) is 0 Å². The number of carbonyl (C=O) groups is 1. The number of rotatable bonds is 6. The summed E-state index contributed by atoms with van der Waals surface area (Å²) >= 11 is -1.13. The maximum absolute atomic E-state index is 12.5. The fourth-order valence-corrected chi connectivity index (χ4v) is 2.73. The Hall–Kier alpha value is -0.840. The molecule has 0 aliphatic carbocycles. The summed E-state index contributed by atoms with van der Waals surface area (Å²) in [5, 5.41) is 0. The Morgan fingerprint density at radius 2 is 2.00 bits per heavy atom. The molecule has 0 aliphatic rings. The van der Waals surface area contributed by atoms with Crippen LogP contribution < -0.4 is 0 Å². The summed E-state index contributed by atoms with van der Waals surface area (Å²) in [6, 6.07) is 7.19. The molecule has 0 saturated heterocycles. The number of ketones is 1. The van der Waals surface area contributed by atoms with Gasteiger partial charge in [0, 0.05) is 12.5 Å². The lowest BCUT2D eigenvalue weighted by atomic mass is 9.95. The zero-order valence-corrected chi connectivity index (χ0v) is 12.3. The Kier molecular flexibility index (Phi) is 5.85. The summed E-state index contributed by atoms with van der Waals surface area (Å²) in [6.45, 7) is 2.73. The Labute approximate surface area is 112 Å². The van der Waals surface area contributed by atoms with Gasteiger partial charge in [0.25, 0.3) is 0 Å². The van der Waals surface area contributed by atoms with Crippen LogP contribution in [0.3, 0.4) is 0 Å². The molecular formula is C14H21NO2S. The minimum atomic E-state index is -1.13. The van der Waals surface area contributed by atoms with E-state index >= 15 is 0 Å². The molecule has 1 rings (SSSR count). The number of benzene rings is 1. The molecule has 4 heteroatoms. The first-order valence-corrected chi connectivity index (χ1v) is 7.64. The van der Waals surface area contributed by atoms with Crippen molar-refractivity contribution in [2.75, 3.05) is 26.9 Å². The second kappa shape index (κ2) is 6.92. The van der Waals surface area contributed by atoms with Crippen LogP contribution in [0.2, 0.25) is 0 Å². The van der Waals surface area contributed by atoms with Crippen molar-refractivity contribution >= 4 is 17.0 Å². The van der Waals surface area contributed by atoms with E-state index in [1.165, 1.54) is 0 Å². The predicted octanol–water partition coefficient (Wildman–Crippen LogP) is 2.19. The van der Waals surface area contributed by atoms with Gasteiger partial charge in [-0.1, -0.05) is 19.1 Å². The molecule has 0 heterocycles. The van der Waals surface area contributed by atoms with E-state index in [9.17, 15) is 9.35 Å². The molecule has 1 aromatic rings. The topological polar surface area (TPSA) is 43.4 Å². The fraction of sp³-hybridized carbons (Fsp3) is 0.500. The number of Topliss-reactive ketones (excluding diaryl/α,β-unsaturated/α-hetero) is 1. The summed E-state index contributed by atoms with van der Waals surface area (Å²) in [7, 11) is 3.92. The van der Waals surface area contributed by atoms with Gasteiger partial charge in [-0.05, 0) is 43.8 Å². The average Bonchev–Trinajstić information content (AvgIpc) is 2.34. The van der Waals surface area contributed by atoms with Gasteiger partial charge in [0.05, 0.1) is 5.56 Å². The molecule has 0 spiro atoms. The molecule has 18 heavy (non-hydrogen) atoms. The largest absolute Gasteiger partial charge is 0.612 e. The van der Waals surface area contributed by atoms with Gasteiger partial charge in [0.15, 0.2) is 10.7 Å². The molecule has 2 unspecified atom stereocenters. The molecule has 3 nitrogen and oxygen atoms in total. The van der Waals surface area contributed by atoms with Crippen LogP contribution in [0.5, 0.6) is 0 Å². The lowest BCUT2D eigenvalue weighted by Gasteiger charge is -2.19. The lowest BCUT2D eigenvalue weighted by Crippen LogP contribution is -2.28. The molecular weight excluding hydrogens is 246 g/mol. The number of carbonyl (C=O) groups excluding carboxylic acids is 1. The van der Waals surface area contributed by atoms with Crippen LogP contribution in [0.4, 0.5) is 0 Å². The SMILES string of the molecule is CCC(CN(C)C)C(=O)c1ccccc1[S+](C)[O-]. The fourth-order valence-electron chi connectivity index (χ4n) is 1.98. The van der Waals surface area contributed by atoms with Crippen molar-refractivity contribution in [3.05, 3.63) is 29.8 Å². The van der Waals surface area contributed by atoms with Gasteiger partial charge < -0.3 is 9.45 Å². The molecule has 0 aromatic heterocycles. The van der Waals surface area contributed by atoms with Crippen molar-refractivity contribution in [1.29, 1.82) is 0 Å². The van der Waals surface area contributed by atoms with Crippen molar-refractivity contribution in [3.8, 4) is 0 Å². The van der Waals surface area contributed by atoms with Crippen molar-refractivity contribution in [2.24, 2.45) is 5.92 Å². The summed E-state index contributed by atoms with van der Waals surface area (Å²) in [4.78, 5) is 15.1. The molecule has 0 aliphatic heterocycles. The monoisotopic (exact) mass is 267 g/mol. The second-order valence-electron chi connectivity index (χ2n) is 4.68. The van der Waals surface area contributed by atoms with E-state index in [0.29, 0.717) is 10.5 Å². The zero-order chi connectivity index (χ0) is 13.7. The van der Waals surface area contributed by atoms with Gasteiger partial charge >= 0.3 is 0 Å². The van der Waals surface area contributed by atoms with Gasteiger partial charge in [0.2, 0.25) is 0 Å². The maximum Gasteiger partial charge on any atom is 0.172 e. The lowest BCUT2D eigenvalue weighted by molar-refractivity contribution is 0.0890. The molecule has 0 fully saturated rings. The molecule has 0 amide bonds. The minimum absolute atomic E-state index is 0.0373. The standard InChI is InChI=1S/C14H21NO2S/c1-5-11(10-15(2)3)14(16)12-8-6-7-9-13(12)18(4)17/h6-9,11H,5,10H2,1-4H3. The smallest absolute Gasteiger partial charge is 0.172 e. The summed E-state index contributed by atoms with van der Waals surface area (Å²) < 4.78 is 11.7. The van der Waals surface area contributed by atoms with E-state index in [0.717, 1.165) is 13.0 Å². The van der Waals surface area contributed by atoms with Crippen LogP contribution in [0.15, 0.2) is 29.2 Å². The number of hydrogen-bond acceptors (Lipinski definition) is 3. The number of hydrogen-bond donors (Lipinski definition) is 0. The first kappa shape index (κ1) is 15.2. The highest BCUT2D eigenvalue weighted by molar-refractivity contribution is 7.90. The van der Waals surface area contributed by atoms with Crippen molar-refractivity contribution < 1.29 is 9.35 Å². The van der Waals surface area contributed by atoms with Crippen LogP contribution in [0, 0.1) is 5.92 Å². The maximum atomic E-state index is 12.5. The van der Waals surface area contributed by atoms with Crippen molar-refractivity contribution in [3.63, 3.8) is 0 Å². The van der Waals surface area contributed by atoms with E-state index < -0.39 is 11.2 Å². The molecule has 0 bridgehead atoms. The van der Waals surface area contributed by atoms with E-state index in [1.807, 2.05) is 38.1 Å². The Balaban J connectivity index is 3.01. The normalized spacial score (nSPS) is 14.6. The Morgan fingerprint density at radius 3 is 2.50 bits per heavy atom. The van der Waals surface area contributed by atoms with E-state index in [1.54, 1.807) is 18.4 Å². The van der Waals surface area contributed by atoms with Crippen LogP contribution in [-0.4, -0.2) is 42.1 Å². The molecule has 0 radical (unpaired) electrons. The highest BCUT2D eigenvalue weighted by Crippen LogP contribution is 2.20. The highest BCUT2D eigenvalue weighted by Gasteiger charge is 2.24. The molecule has 0 saturated carbocycles. The van der Waals surface area contributed by atoms with Crippen LogP contribution in [0.1, 0.15) is 23.7 Å². The summed E-state index contributed by atoms with van der Waals surface area (Å²) in [5.41, 5.74) is 0.604.